The third-order valence-corrected chi connectivity index (χ3v) is 6.71. The second-order valence-electron chi connectivity index (χ2n) is 7.71. The SMILES string of the molecule is COc1ccc(-c2ccccc2OS(=O)(=O)Oc2ccccc2)cc1.O=C1CC(OS(=O)(=O)C(F)(F)F)C(=O)N1. The molecule has 11 nitrogen and oxygen atoms in total. The Morgan fingerprint density at radius 2 is 1.40 bits per heavy atom. The molecule has 1 N–H and O–H groups in total. The van der Waals surface area contributed by atoms with Crippen LogP contribution in [0.4, 0.5) is 13.2 Å². The Labute approximate surface area is 226 Å². The summed E-state index contributed by atoms with van der Waals surface area (Å²) in [5, 5.41) is 1.61. The Bertz CT molecular complexity index is 1560. The van der Waals surface area contributed by atoms with E-state index in [0.717, 1.165) is 5.56 Å². The van der Waals surface area contributed by atoms with E-state index in [1.807, 2.05) is 12.1 Å². The lowest BCUT2D eigenvalue weighted by Gasteiger charge is -2.12. The van der Waals surface area contributed by atoms with Gasteiger partial charge in [-0.25, -0.2) is 4.18 Å². The van der Waals surface area contributed by atoms with Crippen molar-refractivity contribution >= 4 is 32.3 Å². The van der Waals surface area contributed by atoms with Crippen LogP contribution in [0.15, 0.2) is 78.9 Å². The molecule has 40 heavy (non-hydrogen) atoms. The summed E-state index contributed by atoms with van der Waals surface area (Å²) in [6, 6.07) is 22.3. The predicted octanol–water partition coefficient (Wildman–Crippen LogP) is 3.33. The van der Waals surface area contributed by atoms with Crippen molar-refractivity contribution in [3.8, 4) is 28.4 Å². The Kier molecular flexibility index (Phi) is 9.39. The van der Waals surface area contributed by atoms with E-state index in [4.69, 9.17) is 13.1 Å². The summed E-state index contributed by atoms with van der Waals surface area (Å²) in [5.74, 6) is -1.01. The number of rotatable bonds is 8. The van der Waals surface area contributed by atoms with Crippen LogP contribution < -0.4 is 18.4 Å². The number of benzene rings is 3. The number of ether oxygens (including phenoxy) is 1. The molecule has 1 aliphatic rings. The van der Waals surface area contributed by atoms with Crippen LogP contribution in [0, 0.1) is 0 Å². The van der Waals surface area contributed by atoms with E-state index in [2.05, 4.69) is 4.18 Å². The quantitative estimate of drug-likeness (QED) is 0.231. The minimum absolute atomic E-state index is 0.184. The van der Waals surface area contributed by atoms with Crippen LogP contribution in [0.3, 0.4) is 0 Å². The summed E-state index contributed by atoms with van der Waals surface area (Å²) in [7, 11) is -8.52. The normalized spacial score (nSPS) is 15.4. The number of amides is 2. The highest BCUT2D eigenvalue weighted by molar-refractivity contribution is 7.87. The van der Waals surface area contributed by atoms with Gasteiger partial charge in [0.2, 0.25) is 5.91 Å². The Morgan fingerprint density at radius 3 is 1.95 bits per heavy atom. The number of carbonyl (C=O) groups is 2. The molecule has 3 aromatic rings. The van der Waals surface area contributed by atoms with Crippen LogP contribution in [0.1, 0.15) is 6.42 Å². The van der Waals surface area contributed by atoms with Gasteiger partial charge in [0.25, 0.3) is 5.91 Å². The molecular formula is C24H20F3NO10S2. The number of hydrogen-bond donors (Lipinski definition) is 1. The smallest absolute Gasteiger partial charge is 0.497 e. The molecule has 4 rings (SSSR count). The molecule has 0 saturated carbocycles. The molecule has 2 amide bonds. The van der Waals surface area contributed by atoms with Crippen LogP contribution in [-0.4, -0.2) is 47.4 Å². The Morgan fingerprint density at radius 1 is 0.800 bits per heavy atom. The number of hydrogen-bond acceptors (Lipinski definition) is 10. The number of methoxy groups -OCH3 is 1. The lowest BCUT2D eigenvalue weighted by Crippen LogP contribution is -2.34. The second-order valence-corrected chi connectivity index (χ2v) is 10.4. The van der Waals surface area contributed by atoms with E-state index >= 15 is 0 Å². The standard InChI is InChI=1S/C19H16O5S.C5H4F3NO5S/c1-22-16-13-11-15(12-14-16)18-9-5-6-10-19(18)24-25(20,21)23-17-7-3-2-4-8-17;6-5(7,8)15(12,13)14-2-1-3(10)9-4(2)11/h2-14H,1H3;2H,1H2,(H,9,10,11). The highest BCUT2D eigenvalue weighted by atomic mass is 32.3. The predicted molar refractivity (Wildman–Crippen MR) is 133 cm³/mol. The van der Waals surface area contributed by atoms with Gasteiger partial charge in [-0.3, -0.25) is 14.9 Å². The Hall–Kier alpha value is -4.15. The molecule has 16 heteroatoms. The first-order valence-electron chi connectivity index (χ1n) is 11.0. The number of halogens is 3. The van der Waals surface area contributed by atoms with Gasteiger partial charge in [-0.15, -0.1) is 8.42 Å². The summed E-state index contributed by atoms with van der Waals surface area (Å²) in [6.45, 7) is 0. The highest BCUT2D eigenvalue weighted by Crippen LogP contribution is 2.32. The molecule has 3 aromatic carbocycles. The summed E-state index contributed by atoms with van der Waals surface area (Å²) < 4.78 is 99.4. The van der Waals surface area contributed by atoms with Gasteiger partial charge < -0.3 is 13.1 Å². The molecule has 1 saturated heterocycles. The number of alkyl halides is 3. The van der Waals surface area contributed by atoms with Gasteiger partial charge in [0, 0.05) is 5.56 Å². The maximum atomic E-state index is 12.2. The van der Waals surface area contributed by atoms with Crippen molar-refractivity contribution < 1.29 is 56.9 Å². The van der Waals surface area contributed by atoms with E-state index in [0.29, 0.717) is 11.3 Å². The minimum atomic E-state index is -5.85. The van der Waals surface area contributed by atoms with Gasteiger partial charge in [-0.2, -0.15) is 21.6 Å². The van der Waals surface area contributed by atoms with Gasteiger partial charge in [0.05, 0.1) is 13.5 Å². The molecule has 214 valence electrons. The Balaban J connectivity index is 0.000000252. The van der Waals surface area contributed by atoms with Crippen molar-refractivity contribution in [1.29, 1.82) is 0 Å². The molecule has 0 aliphatic carbocycles. The van der Waals surface area contributed by atoms with Crippen molar-refractivity contribution in [3.05, 3.63) is 78.9 Å². The van der Waals surface area contributed by atoms with Crippen molar-refractivity contribution in [2.75, 3.05) is 7.11 Å². The molecule has 0 radical (unpaired) electrons. The largest absolute Gasteiger partial charge is 0.523 e. The molecule has 0 aromatic heterocycles. The maximum Gasteiger partial charge on any atom is 0.523 e. The third-order valence-electron chi connectivity index (χ3n) is 4.87. The maximum absolute atomic E-state index is 12.2. The summed E-state index contributed by atoms with van der Waals surface area (Å²) in [4.78, 5) is 21.2. The minimum Gasteiger partial charge on any atom is -0.497 e. The van der Waals surface area contributed by atoms with Crippen molar-refractivity contribution in [3.63, 3.8) is 0 Å². The van der Waals surface area contributed by atoms with Gasteiger partial charge in [-0.1, -0.05) is 48.5 Å². The molecule has 1 aliphatic heterocycles. The van der Waals surface area contributed by atoms with E-state index in [1.165, 1.54) is 12.1 Å². The molecule has 1 unspecified atom stereocenters. The zero-order valence-electron chi connectivity index (χ0n) is 20.3. The van der Waals surface area contributed by atoms with Gasteiger partial charge in [-0.05, 0) is 35.9 Å². The molecule has 0 bridgehead atoms. The molecular weight excluding hydrogens is 583 g/mol. The lowest BCUT2D eigenvalue weighted by atomic mass is 10.0. The molecule has 0 spiro atoms. The van der Waals surface area contributed by atoms with Crippen LogP contribution in [-0.2, 0) is 34.3 Å². The fourth-order valence-corrected chi connectivity index (χ4v) is 4.40. The van der Waals surface area contributed by atoms with Gasteiger partial charge >= 0.3 is 26.0 Å². The van der Waals surface area contributed by atoms with E-state index < -0.39 is 50.4 Å². The summed E-state index contributed by atoms with van der Waals surface area (Å²) >= 11 is 0. The van der Waals surface area contributed by atoms with Crippen LogP contribution in [0.2, 0.25) is 0 Å². The van der Waals surface area contributed by atoms with Crippen LogP contribution in [0.25, 0.3) is 11.1 Å². The van der Waals surface area contributed by atoms with E-state index in [1.54, 1.807) is 67.0 Å². The van der Waals surface area contributed by atoms with E-state index in [-0.39, 0.29) is 11.5 Å². The monoisotopic (exact) mass is 603 g/mol. The number of imide groups is 1. The van der Waals surface area contributed by atoms with Gasteiger partial charge in [0.15, 0.2) is 11.9 Å². The average molecular weight is 604 g/mol. The zero-order chi connectivity index (χ0) is 29.6. The first-order chi connectivity index (χ1) is 18.7. The zero-order valence-corrected chi connectivity index (χ0v) is 22.0. The van der Waals surface area contributed by atoms with Gasteiger partial charge in [0.1, 0.15) is 11.5 Å². The van der Waals surface area contributed by atoms with Crippen LogP contribution >= 0.6 is 0 Å². The number of nitrogens with one attached hydrogen (secondary N) is 1. The fourth-order valence-electron chi connectivity index (χ4n) is 3.08. The summed E-state index contributed by atoms with van der Waals surface area (Å²) in [5.41, 5.74) is -4.18. The van der Waals surface area contributed by atoms with Crippen molar-refractivity contribution in [1.82, 2.24) is 5.32 Å². The number of carbonyl (C=O) groups excluding carboxylic acids is 2. The first kappa shape index (κ1) is 30.4. The highest BCUT2D eigenvalue weighted by Gasteiger charge is 2.50. The summed E-state index contributed by atoms with van der Waals surface area (Å²) in [6.07, 6.45) is -2.68. The van der Waals surface area contributed by atoms with Crippen LogP contribution in [0.5, 0.6) is 17.2 Å². The first-order valence-corrected chi connectivity index (χ1v) is 13.7. The van der Waals surface area contributed by atoms with E-state index in [9.17, 15) is 39.6 Å². The topological polar surface area (TPSA) is 151 Å². The fraction of sp³-hybridized carbons (Fsp3) is 0.167. The second kappa shape index (κ2) is 12.4. The number of para-hydroxylation sites is 2. The third kappa shape index (κ3) is 8.17. The van der Waals surface area contributed by atoms with Crippen molar-refractivity contribution in [2.45, 2.75) is 18.0 Å². The molecule has 1 atom stereocenters. The molecule has 1 fully saturated rings. The average Bonchev–Trinajstić information content (AvgIpc) is 3.19. The lowest BCUT2D eigenvalue weighted by molar-refractivity contribution is -0.127. The molecule has 1 heterocycles. The van der Waals surface area contributed by atoms with Crippen molar-refractivity contribution in [2.24, 2.45) is 0 Å².